The molecule has 66 valence electrons. The van der Waals surface area contributed by atoms with Crippen LogP contribution in [0.3, 0.4) is 0 Å². The van der Waals surface area contributed by atoms with Gasteiger partial charge in [0.05, 0.1) is 12.1 Å². The lowest BCUT2D eigenvalue weighted by molar-refractivity contribution is -0.133. The van der Waals surface area contributed by atoms with E-state index >= 15 is 0 Å². The highest BCUT2D eigenvalue weighted by Gasteiger charge is 2.19. The average molecular weight is 169 g/mol. The smallest absolute Gasteiger partial charge is 0.337 e. The number of aliphatic carboxylic acids is 1. The zero-order valence-corrected chi connectivity index (χ0v) is 7.03. The molecule has 0 fully saturated rings. The first-order valence-electron chi connectivity index (χ1n) is 3.57. The van der Waals surface area contributed by atoms with Crippen molar-refractivity contribution < 1.29 is 15.0 Å². The number of aliphatic hydroxyl groups is 1. The van der Waals surface area contributed by atoms with E-state index in [0.717, 1.165) is 5.70 Å². The number of allylic oxidation sites excluding steroid dienone is 2. The van der Waals surface area contributed by atoms with Crippen LogP contribution in [0.15, 0.2) is 23.1 Å². The number of carbonyl (C=O) groups is 1. The summed E-state index contributed by atoms with van der Waals surface area (Å²) in [5.41, 5.74) is 0.903. The molecule has 1 aliphatic heterocycles. The van der Waals surface area contributed by atoms with Gasteiger partial charge in [0.15, 0.2) is 0 Å². The Bertz CT molecular complexity index is 278. The molecule has 0 bridgehead atoms. The molecule has 0 aromatic heterocycles. The summed E-state index contributed by atoms with van der Waals surface area (Å²) in [5, 5.41) is 17.9. The maximum Gasteiger partial charge on any atom is 0.337 e. The fraction of sp³-hybridized carbons (Fsp3) is 0.375. The SMILES string of the molecule is CC1=CC(O)=C(C(=O)O)CN1C. The molecule has 4 heteroatoms. The minimum atomic E-state index is -1.07. The van der Waals surface area contributed by atoms with Crippen LogP contribution < -0.4 is 0 Å². The molecule has 4 nitrogen and oxygen atoms in total. The zero-order valence-electron chi connectivity index (χ0n) is 7.03. The lowest BCUT2D eigenvalue weighted by Gasteiger charge is -2.24. The molecule has 1 rings (SSSR count). The molecule has 1 heterocycles. The van der Waals surface area contributed by atoms with Crippen LogP contribution in [0, 0.1) is 0 Å². The largest absolute Gasteiger partial charge is 0.507 e. The first-order valence-corrected chi connectivity index (χ1v) is 3.57. The lowest BCUT2D eigenvalue weighted by atomic mass is 10.1. The summed E-state index contributed by atoms with van der Waals surface area (Å²) in [6, 6.07) is 0. The summed E-state index contributed by atoms with van der Waals surface area (Å²) in [7, 11) is 1.78. The second-order valence-electron chi connectivity index (χ2n) is 2.81. The molecule has 0 unspecified atom stereocenters. The summed E-state index contributed by atoms with van der Waals surface area (Å²) in [5.74, 6) is -1.21. The highest BCUT2D eigenvalue weighted by atomic mass is 16.4. The van der Waals surface area contributed by atoms with Gasteiger partial charge in [0.1, 0.15) is 5.76 Å². The number of carboxylic acid groups (broad SMARTS) is 1. The Balaban J connectivity index is 3.01. The van der Waals surface area contributed by atoms with E-state index in [2.05, 4.69) is 0 Å². The van der Waals surface area contributed by atoms with Crippen molar-refractivity contribution in [3.63, 3.8) is 0 Å². The maximum atomic E-state index is 10.5. The molecule has 0 radical (unpaired) electrons. The van der Waals surface area contributed by atoms with E-state index < -0.39 is 5.97 Å². The van der Waals surface area contributed by atoms with Gasteiger partial charge in [-0.3, -0.25) is 0 Å². The van der Waals surface area contributed by atoms with E-state index in [-0.39, 0.29) is 17.9 Å². The Morgan fingerprint density at radius 3 is 2.75 bits per heavy atom. The third-order valence-corrected chi connectivity index (χ3v) is 1.91. The third kappa shape index (κ3) is 1.42. The van der Waals surface area contributed by atoms with E-state index in [1.165, 1.54) is 6.08 Å². The number of nitrogens with zero attached hydrogens (tertiary/aromatic N) is 1. The number of likely N-dealkylation sites (N-methyl/N-ethyl adjacent to an activating group) is 1. The van der Waals surface area contributed by atoms with E-state index in [4.69, 9.17) is 5.11 Å². The summed E-state index contributed by atoms with van der Waals surface area (Å²) in [4.78, 5) is 12.3. The number of rotatable bonds is 1. The fourth-order valence-electron chi connectivity index (χ4n) is 1.02. The van der Waals surface area contributed by atoms with Crippen molar-refractivity contribution >= 4 is 5.97 Å². The second-order valence-corrected chi connectivity index (χ2v) is 2.81. The lowest BCUT2D eigenvalue weighted by Crippen LogP contribution is -2.26. The van der Waals surface area contributed by atoms with Gasteiger partial charge >= 0.3 is 5.97 Å². The van der Waals surface area contributed by atoms with E-state index in [1.54, 1.807) is 11.9 Å². The fourth-order valence-corrected chi connectivity index (χ4v) is 1.02. The quantitative estimate of drug-likeness (QED) is 0.607. The topological polar surface area (TPSA) is 60.8 Å². The van der Waals surface area contributed by atoms with Crippen LogP contribution in [0.4, 0.5) is 0 Å². The van der Waals surface area contributed by atoms with Gasteiger partial charge in [0, 0.05) is 12.7 Å². The first-order chi connectivity index (χ1) is 5.52. The standard InChI is InChI=1S/C8H11NO3/c1-5-3-7(10)6(8(11)12)4-9(5)2/h3,10H,4H2,1-2H3,(H,11,12). The van der Waals surface area contributed by atoms with Gasteiger partial charge in [-0.25, -0.2) is 4.79 Å². The number of hydrogen-bond donors (Lipinski definition) is 2. The molecular formula is C8H11NO3. The van der Waals surface area contributed by atoms with Gasteiger partial charge in [0.2, 0.25) is 0 Å². The minimum absolute atomic E-state index is 0.0445. The van der Waals surface area contributed by atoms with Crippen molar-refractivity contribution in [2.75, 3.05) is 13.6 Å². The molecule has 2 N–H and O–H groups in total. The highest BCUT2D eigenvalue weighted by Crippen LogP contribution is 2.16. The molecule has 0 aliphatic carbocycles. The van der Waals surface area contributed by atoms with Crippen LogP contribution >= 0.6 is 0 Å². The minimum Gasteiger partial charge on any atom is -0.507 e. The van der Waals surface area contributed by atoms with E-state index in [1.807, 2.05) is 6.92 Å². The number of aliphatic hydroxyl groups excluding tert-OH is 1. The second kappa shape index (κ2) is 2.89. The molecule has 1 aliphatic rings. The Morgan fingerprint density at radius 2 is 2.25 bits per heavy atom. The summed E-state index contributed by atoms with van der Waals surface area (Å²) in [6.45, 7) is 2.07. The molecule has 0 spiro atoms. The molecule has 0 aromatic carbocycles. The first kappa shape index (κ1) is 8.64. The molecule has 0 saturated carbocycles. The van der Waals surface area contributed by atoms with Crippen LogP contribution in [0.2, 0.25) is 0 Å². The van der Waals surface area contributed by atoms with Gasteiger partial charge in [-0.2, -0.15) is 0 Å². The Hall–Kier alpha value is -1.45. The predicted molar refractivity (Wildman–Crippen MR) is 43.7 cm³/mol. The van der Waals surface area contributed by atoms with Crippen LogP contribution in [-0.2, 0) is 4.79 Å². The van der Waals surface area contributed by atoms with Crippen molar-refractivity contribution in [3.8, 4) is 0 Å². The van der Waals surface area contributed by atoms with Crippen molar-refractivity contribution in [1.82, 2.24) is 4.90 Å². The average Bonchev–Trinajstić information content (AvgIpc) is 1.96. The molecule has 12 heavy (non-hydrogen) atoms. The molecular weight excluding hydrogens is 158 g/mol. The summed E-state index contributed by atoms with van der Waals surface area (Å²) in [6.07, 6.45) is 1.45. The summed E-state index contributed by atoms with van der Waals surface area (Å²) >= 11 is 0. The molecule has 0 amide bonds. The highest BCUT2D eigenvalue weighted by molar-refractivity contribution is 5.88. The van der Waals surface area contributed by atoms with Gasteiger partial charge in [-0.05, 0) is 13.0 Å². The van der Waals surface area contributed by atoms with E-state index in [0.29, 0.717) is 0 Å². The van der Waals surface area contributed by atoms with Crippen LogP contribution in [-0.4, -0.2) is 34.7 Å². The number of hydrogen-bond acceptors (Lipinski definition) is 3. The third-order valence-electron chi connectivity index (χ3n) is 1.91. The van der Waals surface area contributed by atoms with Gasteiger partial charge in [0.25, 0.3) is 0 Å². The normalized spacial score (nSPS) is 17.8. The van der Waals surface area contributed by atoms with Crippen LogP contribution in [0.5, 0.6) is 0 Å². The van der Waals surface area contributed by atoms with Gasteiger partial charge in [-0.1, -0.05) is 0 Å². The van der Waals surface area contributed by atoms with Crippen molar-refractivity contribution in [1.29, 1.82) is 0 Å². The van der Waals surface area contributed by atoms with Crippen LogP contribution in [0.1, 0.15) is 6.92 Å². The monoisotopic (exact) mass is 169 g/mol. The zero-order chi connectivity index (χ0) is 9.30. The molecule has 0 saturated heterocycles. The Labute approximate surface area is 70.4 Å². The van der Waals surface area contributed by atoms with Crippen molar-refractivity contribution in [2.24, 2.45) is 0 Å². The van der Waals surface area contributed by atoms with Gasteiger partial charge in [-0.15, -0.1) is 0 Å². The van der Waals surface area contributed by atoms with Crippen LogP contribution in [0.25, 0.3) is 0 Å². The molecule has 0 atom stereocenters. The molecule has 0 aromatic rings. The predicted octanol–water partition coefficient (Wildman–Crippen LogP) is 0.732. The Morgan fingerprint density at radius 1 is 1.67 bits per heavy atom. The number of carboxylic acids is 1. The van der Waals surface area contributed by atoms with Gasteiger partial charge < -0.3 is 15.1 Å². The summed E-state index contributed by atoms with van der Waals surface area (Å²) < 4.78 is 0. The Kier molecular flexibility index (Phi) is 2.08. The van der Waals surface area contributed by atoms with E-state index in [9.17, 15) is 9.90 Å². The maximum absolute atomic E-state index is 10.5. The van der Waals surface area contributed by atoms with Crippen molar-refractivity contribution in [2.45, 2.75) is 6.92 Å². The van der Waals surface area contributed by atoms with Crippen molar-refractivity contribution in [3.05, 3.63) is 23.1 Å².